The molecule has 0 aliphatic carbocycles. The SMILES string of the molecule is CC1(C)NC(=O)N(Cc2sccc2C#CCN)C1=O. The van der Waals surface area contributed by atoms with Gasteiger partial charge < -0.3 is 11.1 Å². The molecule has 3 amide bonds. The zero-order valence-corrected chi connectivity index (χ0v) is 11.6. The van der Waals surface area contributed by atoms with Gasteiger partial charge in [0.15, 0.2) is 0 Å². The molecule has 2 heterocycles. The summed E-state index contributed by atoms with van der Waals surface area (Å²) < 4.78 is 0. The topological polar surface area (TPSA) is 75.4 Å². The second kappa shape index (κ2) is 5.03. The Bertz CT molecular complexity index is 580. The van der Waals surface area contributed by atoms with E-state index >= 15 is 0 Å². The lowest BCUT2D eigenvalue weighted by Gasteiger charge is -2.15. The number of nitrogens with one attached hydrogen (secondary N) is 1. The average Bonchev–Trinajstić information content (AvgIpc) is 2.85. The van der Waals surface area contributed by atoms with Crippen LogP contribution in [-0.2, 0) is 11.3 Å². The smallest absolute Gasteiger partial charge is 0.324 e. The number of rotatable bonds is 2. The minimum Gasteiger partial charge on any atom is -0.324 e. The minimum absolute atomic E-state index is 0.219. The molecule has 5 nitrogen and oxygen atoms in total. The van der Waals surface area contributed by atoms with Crippen LogP contribution in [0, 0.1) is 11.8 Å². The molecule has 1 aliphatic rings. The summed E-state index contributed by atoms with van der Waals surface area (Å²) >= 11 is 1.47. The molecular weight excluding hydrogens is 262 g/mol. The van der Waals surface area contributed by atoms with Crippen molar-refractivity contribution in [3.63, 3.8) is 0 Å². The second-order valence-corrected chi connectivity index (χ2v) is 5.71. The average molecular weight is 277 g/mol. The Hall–Kier alpha value is -1.84. The van der Waals surface area contributed by atoms with Crippen LogP contribution < -0.4 is 11.1 Å². The highest BCUT2D eigenvalue weighted by Crippen LogP contribution is 2.23. The largest absolute Gasteiger partial charge is 0.325 e. The Balaban J connectivity index is 2.21. The predicted octanol–water partition coefficient (Wildman–Crippen LogP) is 0.889. The lowest BCUT2D eigenvalue weighted by atomic mass is 10.1. The van der Waals surface area contributed by atoms with Crippen molar-refractivity contribution in [2.75, 3.05) is 6.54 Å². The van der Waals surface area contributed by atoms with E-state index in [1.54, 1.807) is 13.8 Å². The Kier molecular flexibility index (Phi) is 3.60. The normalized spacial score (nSPS) is 17.1. The number of hydrogen-bond acceptors (Lipinski definition) is 4. The molecule has 0 aromatic carbocycles. The fourth-order valence-electron chi connectivity index (χ4n) is 1.83. The van der Waals surface area contributed by atoms with Crippen molar-refractivity contribution in [3.05, 3.63) is 21.9 Å². The van der Waals surface area contributed by atoms with Crippen molar-refractivity contribution in [1.29, 1.82) is 0 Å². The van der Waals surface area contributed by atoms with E-state index in [-0.39, 0.29) is 25.0 Å². The number of hydrogen-bond donors (Lipinski definition) is 2. The standard InChI is InChI=1S/C13H15N3O2S/c1-13(2)11(17)16(12(18)15-13)8-10-9(4-3-6-14)5-7-19-10/h5,7H,6,8,14H2,1-2H3,(H,15,18). The van der Waals surface area contributed by atoms with Gasteiger partial charge in [0.1, 0.15) is 5.54 Å². The lowest BCUT2D eigenvalue weighted by molar-refractivity contribution is -0.130. The Morgan fingerprint density at radius 2 is 2.21 bits per heavy atom. The first-order valence-corrected chi connectivity index (χ1v) is 6.73. The molecule has 19 heavy (non-hydrogen) atoms. The number of nitrogens with two attached hydrogens (primary N) is 1. The van der Waals surface area contributed by atoms with E-state index in [4.69, 9.17) is 5.73 Å². The van der Waals surface area contributed by atoms with Gasteiger partial charge in [-0.25, -0.2) is 4.79 Å². The van der Waals surface area contributed by atoms with Gasteiger partial charge in [-0.05, 0) is 25.3 Å². The highest BCUT2D eigenvalue weighted by Gasteiger charge is 2.44. The lowest BCUT2D eigenvalue weighted by Crippen LogP contribution is -2.40. The van der Waals surface area contributed by atoms with E-state index < -0.39 is 5.54 Å². The van der Waals surface area contributed by atoms with E-state index in [0.717, 1.165) is 10.4 Å². The summed E-state index contributed by atoms with van der Waals surface area (Å²) in [6.45, 7) is 3.92. The van der Waals surface area contributed by atoms with Crippen molar-refractivity contribution < 1.29 is 9.59 Å². The van der Waals surface area contributed by atoms with E-state index in [2.05, 4.69) is 17.2 Å². The Morgan fingerprint density at radius 3 is 2.79 bits per heavy atom. The van der Waals surface area contributed by atoms with Gasteiger partial charge in [-0.1, -0.05) is 11.8 Å². The maximum Gasteiger partial charge on any atom is 0.325 e. The van der Waals surface area contributed by atoms with Gasteiger partial charge in [0, 0.05) is 10.4 Å². The minimum atomic E-state index is -0.836. The summed E-state index contributed by atoms with van der Waals surface area (Å²) in [6.07, 6.45) is 0. The zero-order valence-electron chi connectivity index (χ0n) is 10.8. The summed E-state index contributed by atoms with van der Waals surface area (Å²) in [7, 11) is 0. The third-order valence-corrected chi connectivity index (χ3v) is 3.72. The first kappa shape index (κ1) is 13.6. The molecule has 1 aliphatic heterocycles. The Morgan fingerprint density at radius 1 is 1.47 bits per heavy atom. The molecule has 1 aromatic rings. The van der Waals surface area contributed by atoms with Gasteiger partial charge in [-0.2, -0.15) is 0 Å². The molecule has 0 radical (unpaired) electrons. The monoisotopic (exact) mass is 277 g/mol. The number of nitrogens with zero attached hydrogens (tertiary/aromatic N) is 1. The van der Waals surface area contributed by atoms with Gasteiger partial charge in [0.2, 0.25) is 0 Å². The van der Waals surface area contributed by atoms with Crippen LogP contribution in [0.15, 0.2) is 11.4 Å². The zero-order chi connectivity index (χ0) is 14.0. The van der Waals surface area contributed by atoms with Gasteiger partial charge in [0.05, 0.1) is 13.1 Å². The number of thiophene rings is 1. The predicted molar refractivity (Wildman–Crippen MR) is 73.4 cm³/mol. The molecule has 0 saturated carbocycles. The first-order valence-electron chi connectivity index (χ1n) is 5.85. The summed E-state index contributed by atoms with van der Waals surface area (Å²) in [4.78, 5) is 26.0. The van der Waals surface area contributed by atoms with E-state index in [0.29, 0.717) is 0 Å². The van der Waals surface area contributed by atoms with Gasteiger partial charge in [-0.3, -0.25) is 9.69 Å². The van der Waals surface area contributed by atoms with Crippen molar-refractivity contribution in [1.82, 2.24) is 10.2 Å². The molecule has 0 atom stereocenters. The van der Waals surface area contributed by atoms with E-state index in [1.807, 2.05) is 11.4 Å². The van der Waals surface area contributed by atoms with Crippen LogP contribution in [0.25, 0.3) is 0 Å². The molecule has 0 unspecified atom stereocenters. The van der Waals surface area contributed by atoms with Crippen LogP contribution in [0.2, 0.25) is 0 Å². The molecule has 100 valence electrons. The van der Waals surface area contributed by atoms with Crippen molar-refractivity contribution in [2.45, 2.75) is 25.9 Å². The molecule has 1 saturated heterocycles. The number of urea groups is 1. The third kappa shape index (κ3) is 2.62. The Labute approximate surface area is 115 Å². The number of carbonyl (C=O) groups excluding carboxylic acids is 2. The second-order valence-electron chi connectivity index (χ2n) is 4.71. The quantitative estimate of drug-likeness (QED) is 0.622. The van der Waals surface area contributed by atoms with Gasteiger partial charge in [0.25, 0.3) is 5.91 Å². The fourth-order valence-corrected chi connectivity index (χ4v) is 2.64. The summed E-state index contributed by atoms with van der Waals surface area (Å²) in [5.41, 5.74) is 5.32. The van der Waals surface area contributed by atoms with Crippen LogP contribution in [0.1, 0.15) is 24.3 Å². The van der Waals surface area contributed by atoms with Crippen LogP contribution in [-0.4, -0.2) is 28.9 Å². The van der Waals surface area contributed by atoms with Gasteiger partial charge >= 0.3 is 6.03 Å². The van der Waals surface area contributed by atoms with Crippen molar-refractivity contribution in [2.24, 2.45) is 5.73 Å². The van der Waals surface area contributed by atoms with Crippen LogP contribution in [0.3, 0.4) is 0 Å². The van der Waals surface area contributed by atoms with Gasteiger partial charge in [-0.15, -0.1) is 11.3 Å². The molecule has 3 N–H and O–H groups in total. The molecule has 6 heteroatoms. The van der Waals surface area contributed by atoms with E-state index in [1.165, 1.54) is 16.2 Å². The van der Waals surface area contributed by atoms with Crippen LogP contribution in [0.5, 0.6) is 0 Å². The van der Waals surface area contributed by atoms with E-state index in [9.17, 15) is 9.59 Å². The first-order chi connectivity index (χ1) is 8.95. The highest BCUT2D eigenvalue weighted by molar-refractivity contribution is 7.10. The molecule has 0 spiro atoms. The summed E-state index contributed by atoms with van der Waals surface area (Å²) in [6, 6.07) is 1.51. The molecular formula is C13H15N3O2S. The number of amides is 3. The van der Waals surface area contributed by atoms with Crippen molar-refractivity contribution >= 4 is 23.3 Å². The maximum absolute atomic E-state index is 12.1. The molecule has 1 fully saturated rings. The van der Waals surface area contributed by atoms with Crippen LogP contribution in [0.4, 0.5) is 4.79 Å². The van der Waals surface area contributed by atoms with Crippen LogP contribution >= 0.6 is 11.3 Å². The fraction of sp³-hybridized carbons (Fsp3) is 0.385. The molecule has 2 rings (SSSR count). The molecule has 0 bridgehead atoms. The third-order valence-electron chi connectivity index (χ3n) is 2.82. The summed E-state index contributed by atoms with van der Waals surface area (Å²) in [5, 5.41) is 4.54. The summed E-state index contributed by atoms with van der Waals surface area (Å²) in [5.74, 6) is 5.50. The maximum atomic E-state index is 12.1. The molecule has 1 aromatic heterocycles. The number of imide groups is 1. The number of carbonyl (C=O) groups is 2. The highest BCUT2D eigenvalue weighted by atomic mass is 32.1. The van der Waals surface area contributed by atoms with Crippen molar-refractivity contribution in [3.8, 4) is 11.8 Å².